The average Bonchev–Trinajstić information content (AvgIpc) is 2.25. The SMILES string of the molecule is CC=CC(=O)OC(CO)OC(=O)CCC(=O)O. The third-order valence-corrected chi connectivity index (χ3v) is 1.51. The second-order valence-corrected chi connectivity index (χ2v) is 2.93. The number of aliphatic carboxylic acids is 1. The third-order valence-electron chi connectivity index (χ3n) is 1.51. The quantitative estimate of drug-likeness (QED) is 0.364. The molecule has 0 aliphatic carbocycles. The molecule has 2 N–H and O–H groups in total. The number of carboxylic acids is 1. The van der Waals surface area contributed by atoms with E-state index in [9.17, 15) is 14.4 Å². The van der Waals surface area contributed by atoms with E-state index in [1.807, 2.05) is 0 Å². The van der Waals surface area contributed by atoms with Crippen LogP contribution in [-0.4, -0.2) is 41.0 Å². The first-order chi connectivity index (χ1) is 7.99. The molecule has 0 aromatic rings. The number of esters is 2. The van der Waals surface area contributed by atoms with E-state index in [4.69, 9.17) is 10.2 Å². The largest absolute Gasteiger partial charge is 0.481 e. The number of carbonyl (C=O) groups excluding carboxylic acids is 2. The summed E-state index contributed by atoms with van der Waals surface area (Å²) in [6.07, 6.45) is 0.351. The van der Waals surface area contributed by atoms with E-state index in [-0.39, 0.29) is 12.8 Å². The van der Waals surface area contributed by atoms with Gasteiger partial charge in [-0.2, -0.15) is 0 Å². The molecule has 7 heteroatoms. The second-order valence-electron chi connectivity index (χ2n) is 2.93. The molecule has 0 saturated carbocycles. The standard InChI is InChI=1S/C10H14O7/c1-2-3-8(14)16-10(6-11)17-9(15)5-4-7(12)13/h2-3,10-11H,4-6H2,1H3,(H,12,13). The van der Waals surface area contributed by atoms with Crippen molar-refractivity contribution in [2.45, 2.75) is 26.1 Å². The van der Waals surface area contributed by atoms with Crippen molar-refractivity contribution in [2.24, 2.45) is 0 Å². The predicted molar refractivity (Wildman–Crippen MR) is 54.7 cm³/mol. The van der Waals surface area contributed by atoms with Gasteiger partial charge in [-0.15, -0.1) is 0 Å². The fourth-order valence-corrected chi connectivity index (χ4v) is 0.818. The topological polar surface area (TPSA) is 110 Å². The van der Waals surface area contributed by atoms with Crippen LogP contribution < -0.4 is 0 Å². The summed E-state index contributed by atoms with van der Waals surface area (Å²) in [6.45, 7) is 0.899. The van der Waals surface area contributed by atoms with Crippen LogP contribution in [0.15, 0.2) is 12.2 Å². The number of hydrogen-bond donors (Lipinski definition) is 2. The molecular weight excluding hydrogens is 232 g/mol. The van der Waals surface area contributed by atoms with E-state index in [0.29, 0.717) is 0 Å². The predicted octanol–water partition coefficient (Wildman–Crippen LogP) is -0.168. The zero-order valence-electron chi connectivity index (χ0n) is 9.29. The van der Waals surface area contributed by atoms with E-state index in [1.165, 1.54) is 6.08 Å². The summed E-state index contributed by atoms with van der Waals surface area (Å²) in [5.74, 6) is -2.77. The van der Waals surface area contributed by atoms with Gasteiger partial charge in [0.15, 0.2) is 0 Å². The van der Waals surface area contributed by atoms with Crippen molar-refractivity contribution in [2.75, 3.05) is 6.61 Å². The summed E-state index contributed by atoms with van der Waals surface area (Å²) in [6, 6.07) is 0. The van der Waals surface area contributed by atoms with Crippen LogP contribution in [0.2, 0.25) is 0 Å². The van der Waals surface area contributed by atoms with Crippen molar-refractivity contribution in [3.63, 3.8) is 0 Å². The average molecular weight is 246 g/mol. The molecule has 0 rings (SSSR count). The van der Waals surface area contributed by atoms with Crippen molar-refractivity contribution >= 4 is 17.9 Å². The lowest BCUT2D eigenvalue weighted by atomic mass is 10.3. The Morgan fingerprint density at radius 3 is 2.35 bits per heavy atom. The number of carbonyl (C=O) groups is 3. The van der Waals surface area contributed by atoms with Gasteiger partial charge in [-0.1, -0.05) is 6.08 Å². The fraction of sp³-hybridized carbons (Fsp3) is 0.500. The van der Waals surface area contributed by atoms with Gasteiger partial charge in [0.05, 0.1) is 12.8 Å². The molecule has 0 spiro atoms. The Balaban J connectivity index is 4.07. The summed E-state index contributed by atoms with van der Waals surface area (Å²) >= 11 is 0. The van der Waals surface area contributed by atoms with Gasteiger partial charge in [0.1, 0.15) is 6.61 Å². The summed E-state index contributed by atoms with van der Waals surface area (Å²) in [7, 11) is 0. The van der Waals surface area contributed by atoms with E-state index in [0.717, 1.165) is 6.08 Å². The van der Waals surface area contributed by atoms with Crippen LogP contribution in [0.25, 0.3) is 0 Å². The highest BCUT2D eigenvalue weighted by Gasteiger charge is 2.17. The molecule has 96 valence electrons. The Kier molecular flexibility index (Phi) is 7.36. The van der Waals surface area contributed by atoms with Gasteiger partial charge >= 0.3 is 17.9 Å². The van der Waals surface area contributed by atoms with Crippen LogP contribution in [0, 0.1) is 0 Å². The lowest BCUT2D eigenvalue weighted by molar-refractivity contribution is -0.191. The monoisotopic (exact) mass is 246 g/mol. The number of ether oxygens (including phenoxy) is 2. The van der Waals surface area contributed by atoms with E-state index in [1.54, 1.807) is 6.92 Å². The van der Waals surface area contributed by atoms with Crippen LogP contribution in [-0.2, 0) is 23.9 Å². The first-order valence-corrected chi connectivity index (χ1v) is 4.85. The molecule has 0 bridgehead atoms. The molecule has 0 aliphatic rings. The van der Waals surface area contributed by atoms with Gasteiger partial charge in [-0.05, 0) is 6.92 Å². The number of allylic oxidation sites excluding steroid dienone is 1. The van der Waals surface area contributed by atoms with Crippen molar-refractivity contribution in [3.8, 4) is 0 Å². The Labute approximate surface area is 97.6 Å². The maximum Gasteiger partial charge on any atom is 0.333 e. The Morgan fingerprint density at radius 1 is 1.24 bits per heavy atom. The molecule has 0 aromatic heterocycles. The van der Waals surface area contributed by atoms with Gasteiger partial charge in [0, 0.05) is 6.08 Å². The van der Waals surface area contributed by atoms with Gasteiger partial charge in [0.2, 0.25) is 0 Å². The molecule has 1 atom stereocenters. The molecule has 1 unspecified atom stereocenters. The van der Waals surface area contributed by atoms with Gasteiger partial charge in [-0.3, -0.25) is 9.59 Å². The number of aliphatic hydroxyl groups is 1. The Bertz CT molecular complexity index is 308. The first-order valence-electron chi connectivity index (χ1n) is 4.85. The molecule has 0 heterocycles. The smallest absolute Gasteiger partial charge is 0.333 e. The number of rotatable bonds is 7. The molecule has 0 fully saturated rings. The van der Waals surface area contributed by atoms with Gasteiger partial charge in [-0.25, -0.2) is 4.79 Å². The van der Waals surface area contributed by atoms with Crippen LogP contribution in [0.1, 0.15) is 19.8 Å². The van der Waals surface area contributed by atoms with Crippen LogP contribution in [0.4, 0.5) is 0 Å². The summed E-state index contributed by atoms with van der Waals surface area (Å²) in [5, 5.41) is 17.1. The van der Waals surface area contributed by atoms with Crippen molar-refractivity contribution in [1.82, 2.24) is 0 Å². The second kappa shape index (κ2) is 8.28. The van der Waals surface area contributed by atoms with Crippen LogP contribution in [0.3, 0.4) is 0 Å². The summed E-state index contributed by atoms with van der Waals surface area (Å²) in [4.78, 5) is 32.2. The van der Waals surface area contributed by atoms with Gasteiger partial charge in [0.25, 0.3) is 6.29 Å². The minimum Gasteiger partial charge on any atom is -0.481 e. The molecule has 0 radical (unpaired) electrons. The van der Waals surface area contributed by atoms with Crippen molar-refractivity contribution in [3.05, 3.63) is 12.2 Å². The molecular formula is C10H14O7. The maximum atomic E-state index is 11.1. The Hall–Kier alpha value is -1.89. The Morgan fingerprint density at radius 2 is 1.88 bits per heavy atom. The van der Waals surface area contributed by atoms with Crippen molar-refractivity contribution < 1.29 is 34.1 Å². The molecule has 0 saturated heterocycles. The highest BCUT2D eigenvalue weighted by atomic mass is 16.7. The first kappa shape index (κ1) is 15.1. The normalized spacial score (nSPS) is 12.1. The zero-order valence-corrected chi connectivity index (χ0v) is 9.29. The minimum atomic E-state index is -1.42. The molecule has 7 nitrogen and oxygen atoms in total. The third kappa shape index (κ3) is 7.97. The molecule has 0 amide bonds. The lowest BCUT2D eigenvalue weighted by Gasteiger charge is -2.14. The maximum absolute atomic E-state index is 11.1. The summed E-state index contributed by atoms with van der Waals surface area (Å²) < 4.78 is 9.09. The van der Waals surface area contributed by atoms with Gasteiger partial charge < -0.3 is 19.7 Å². The fourth-order valence-electron chi connectivity index (χ4n) is 0.818. The van der Waals surface area contributed by atoms with E-state index < -0.39 is 30.8 Å². The number of carboxylic acid groups (broad SMARTS) is 1. The molecule has 17 heavy (non-hydrogen) atoms. The lowest BCUT2D eigenvalue weighted by Crippen LogP contribution is -2.27. The van der Waals surface area contributed by atoms with Crippen molar-refractivity contribution in [1.29, 1.82) is 0 Å². The number of hydrogen-bond acceptors (Lipinski definition) is 6. The minimum absolute atomic E-state index is 0.354. The molecule has 0 aromatic carbocycles. The van der Waals surface area contributed by atoms with Crippen LogP contribution >= 0.6 is 0 Å². The van der Waals surface area contributed by atoms with E-state index >= 15 is 0 Å². The highest BCUT2D eigenvalue weighted by Crippen LogP contribution is 2.01. The number of aliphatic hydroxyl groups excluding tert-OH is 1. The van der Waals surface area contributed by atoms with E-state index in [2.05, 4.69) is 9.47 Å². The van der Waals surface area contributed by atoms with Crippen LogP contribution in [0.5, 0.6) is 0 Å². The summed E-state index contributed by atoms with van der Waals surface area (Å²) in [5.41, 5.74) is 0. The highest BCUT2D eigenvalue weighted by molar-refractivity contribution is 5.82. The zero-order chi connectivity index (χ0) is 13.3. The molecule has 0 aliphatic heterocycles.